The van der Waals surface area contributed by atoms with Gasteiger partial charge in [0.1, 0.15) is 0 Å². The molecule has 0 saturated carbocycles. The number of halogens is 1. The minimum Gasteiger partial charge on any atom is -0.480 e. The van der Waals surface area contributed by atoms with Gasteiger partial charge in [-0.05, 0) is 12.1 Å². The van der Waals surface area contributed by atoms with E-state index in [1.54, 1.807) is 18.2 Å². The third kappa shape index (κ3) is 2.73. The average molecular weight is 323 g/mol. The van der Waals surface area contributed by atoms with Gasteiger partial charge in [-0.25, -0.2) is 4.98 Å². The van der Waals surface area contributed by atoms with E-state index in [0.29, 0.717) is 15.9 Å². The van der Waals surface area contributed by atoms with Crippen molar-refractivity contribution in [3.8, 4) is 11.8 Å². The number of carbonyl (C=O) groups is 1. The Morgan fingerprint density at radius 2 is 1.95 bits per heavy atom. The molecule has 1 aromatic carbocycles. The summed E-state index contributed by atoms with van der Waals surface area (Å²) >= 11 is 3.33. The quantitative estimate of drug-likeness (QED) is 0.809. The van der Waals surface area contributed by atoms with Crippen molar-refractivity contribution in [1.29, 1.82) is 0 Å². The molecule has 1 aromatic heterocycles. The number of ketones is 1. The van der Waals surface area contributed by atoms with Gasteiger partial charge in [0.05, 0.1) is 20.4 Å². The Morgan fingerprint density at radius 3 is 2.58 bits per heavy atom. The molecule has 0 bridgehead atoms. The highest BCUT2D eigenvalue weighted by atomic mass is 79.9. The average Bonchev–Trinajstić information content (AvgIpc) is 2.46. The lowest BCUT2D eigenvalue weighted by atomic mass is 10.1. The van der Waals surface area contributed by atoms with E-state index >= 15 is 0 Å². The van der Waals surface area contributed by atoms with Crippen molar-refractivity contribution < 1.29 is 14.3 Å². The topological polar surface area (TPSA) is 61.3 Å². The van der Waals surface area contributed by atoms with Crippen LogP contribution in [0.3, 0.4) is 0 Å². The Hall–Kier alpha value is -1.95. The molecule has 6 heteroatoms. The number of hydrogen-bond acceptors (Lipinski definition) is 5. The zero-order valence-electron chi connectivity index (χ0n) is 10.4. The molecule has 2 rings (SSSR count). The fourth-order valence-electron chi connectivity index (χ4n) is 1.53. The maximum Gasteiger partial charge on any atom is 0.247 e. The summed E-state index contributed by atoms with van der Waals surface area (Å²) in [6.45, 7) is 0. The van der Waals surface area contributed by atoms with E-state index in [1.165, 1.54) is 20.4 Å². The highest BCUT2D eigenvalue weighted by molar-refractivity contribution is 9.10. The van der Waals surface area contributed by atoms with E-state index < -0.39 is 0 Å². The van der Waals surface area contributed by atoms with Gasteiger partial charge in [0.2, 0.25) is 17.5 Å². The van der Waals surface area contributed by atoms with E-state index in [4.69, 9.17) is 9.47 Å². The largest absolute Gasteiger partial charge is 0.480 e. The lowest BCUT2D eigenvalue weighted by Gasteiger charge is -2.08. The molecule has 0 N–H and O–H groups in total. The number of benzene rings is 1. The highest BCUT2D eigenvalue weighted by Gasteiger charge is 2.20. The van der Waals surface area contributed by atoms with Gasteiger partial charge in [-0.2, -0.15) is 4.98 Å². The Balaban J connectivity index is 2.47. The molecule has 0 amide bonds. The van der Waals surface area contributed by atoms with Crippen LogP contribution in [0, 0.1) is 0 Å². The standard InChI is InChI=1S/C13H11BrN2O3/c1-18-10-7-15-11(13(16-10)19-2)12(17)8-5-3-4-6-9(8)14/h3-7H,1-2H3. The number of ether oxygens (including phenoxy) is 2. The van der Waals surface area contributed by atoms with Crippen molar-refractivity contribution >= 4 is 21.7 Å². The summed E-state index contributed by atoms with van der Waals surface area (Å²) in [5, 5.41) is 0. The van der Waals surface area contributed by atoms with E-state index in [0.717, 1.165) is 0 Å². The van der Waals surface area contributed by atoms with Gasteiger partial charge in [-0.3, -0.25) is 4.79 Å². The molecular formula is C13H11BrN2O3. The summed E-state index contributed by atoms with van der Waals surface area (Å²) in [4.78, 5) is 20.5. The van der Waals surface area contributed by atoms with Crippen molar-refractivity contribution in [2.45, 2.75) is 0 Å². The Labute approximate surface area is 118 Å². The minimum atomic E-state index is -0.264. The lowest BCUT2D eigenvalue weighted by molar-refractivity contribution is 0.102. The SMILES string of the molecule is COc1cnc(C(=O)c2ccccc2Br)c(OC)n1. The molecule has 0 aliphatic rings. The summed E-state index contributed by atoms with van der Waals surface area (Å²) in [6.07, 6.45) is 1.38. The van der Waals surface area contributed by atoms with Gasteiger partial charge in [0, 0.05) is 10.0 Å². The number of carbonyl (C=O) groups excluding carboxylic acids is 1. The van der Waals surface area contributed by atoms with Gasteiger partial charge in [-0.15, -0.1) is 0 Å². The van der Waals surface area contributed by atoms with Crippen molar-refractivity contribution in [3.05, 3.63) is 46.2 Å². The number of rotatable bonds is 4. The first-order valence-corrected chi connectivity index (χ1v) is 6.21. The number of nitrogens with zero attached hydrogens (tertiary/aromatic N) is 2. The normalized spacial score (nSPS) is 10.1. The third-order valence-electron chi connectivity index (χ3n) is 2.45. The maximum atomic E-state index is 12.4. The number of methoxy groups -OCH3 is 2. The molecule has 19 heavy (non-hydrogen) atoms. The smallest absolute Gasteiger partial charge is 0.247 e. The Kier molecular flexibility index (Phi) is 4.11. The van der Waals surface area contributed by atoms with Gasteiger partial charge in [0.15, 0.2) is 5.69 Å². The third-order valence-corrected chi connectivity index (χ3v) is 3.15. The van der Waals surface area contributed by atoms with Crippen LogP contribution in [0.1, 0.15) is 16.1 Å². The van der Waals surface area contributed by atoms with Crippen LogP contribution in [0.5, 0.6) is 11.8 Å². The van der Waals surface area contributed by atoms with Gasteiger partial charge >= 0.3 is 0 Å². The predicted octanol–water partition coefficient (Wildman–Crippen LogP) is 2.49. The van der Waals surface area contributed by atoms with Crippen molar-refractivity contribution in [3.63, 3.8) is 0 Å². The molecule has 0 aliphatic heterocycles. The molecule has 2 aromatic rings. The zero-order valence-corrected chi connectivity index (χ0v) is 12.0. The Bertz CT molecular complexity index is 617. The van der Waals surface area contributed by atoms with E-state index in [2.05, 4.69) is 25.9 Å². The van der Waals surface area contributed by atoms with Gasteiger partial charge < -0.3 is 9.47 Å². The molecule has 0 aliphatic carbocycles. The van der Waals surface area contributed by atoms with Crippen molar-refractivity contribution in [1.82, 2.24) is 9.97 Å². The zero-order chi connectivity index (χ0) is 13.8. The summed E-state index contributed by atoms with van der Waals surface area (Å²) < 4.78 is 10.7. The second kappa shape index (κ2) is 5.79. The van der Waals surface area contributed by atoms with Crippen LogP contribution in [0.4, 0.5) is 0 Å². The molecular weight excluding hydrogens is 312 g/mol. The van der Waals surface area contributed by atoms with Crippen LogP contribution in [0.25, 0.3) is 0 Å². The summed E-state index contributed by atoms with van der Waals surface area (Å²) in [6, 6.07) is 7.10. The molecule has 0 unspecified atom stereocenters. The van der Waals surface area contributed by atoms with Crippen LogP contribution < -0.4 is 9.47 Å². The fourth-order valence-corrected chi connectivity index (χ4v) is 1.99. The second-order valence-corrected chi connectivity index (χ2v) is 4.43. The minimum absolute atomic E-state index is 0.139. The van der Waals surface area contributed by atoms with Crippen LogP contribution in [-0.4, -0.2) is 30.0 Å². The van der Waals surface area contributed by atoms with E-state index in [9.17, 15) is 4.79 Å². The van der Waals surface area contributed by atoms with Crippen molar-refractivity contribution in [2.24, 2.45) is 0 Å². The van der Waals surface area contributed by atoms with Crippen LogP contribution in [-0.2, 0) is 0 Å². The van der Waals surface area contributed by atoms with E-state index in [-0.39, 0.29) is 17.4 Å². The summed E-state index contributed by atoms with van der Waals surface area (Å²) in [5.41, 5.74) is 0.649. The van der Waals surface area contributed by atoms with Crippen molar-refractivity contribution in [2.75, 3.05) is 14.2 Å². The Morgan fingerprint density at radius 1 is 1.21 bits per heavy atom. The first-order chi connectivity index (χ1) is 9.17. The van der Waals surface area contributed by atoms with Gasteiger partial charge in [-0.1, -0.05) is 28.1 Å². The molecule has 5 nitrogen and oxygen atoms in total. The number of aromatic nitrogens is 2. The molecule has 0 radical (unpaired) electrons. The molecule has 0 fully saturated rings. The molecule has 0 atom stereocenters. The van der Waals surface area contributed by atoms with Gasteiger partial charge in [0.25, 0.3) is 0 Å². The number of hydrogen-bond donors (Lipinski definition) is 0. The summed E-state index contributed by atoms with van der Waals surface area (Å²) in [5.74, 6) is 0.167. The maximum absolute atomic E-state index is 12.4. The predicted molar refractivity (Wildman–Crippen MR) is 72.7 cm³/mol. The van der Waals surface area contributed by atoms with E-state index in [1.807, 2.05) is 6.07 Å². The molecule has 0 saturated heterocycles. The van der Waals surface area contributed by atoms with Crippen LogP contribution >= 0.6 is 15.9 Å². The monoisotopic (exact) mass is 322 g/mol. The lowest BCUT2D eigenvalue weighted by Crippen LogP contribution is -2.09. The molecule has 1 heterocycles. The second-order valence-electron chi connectivity index (χ2n) is 3.58. The first-order valence-electron chi connectivity index (χ1n) is 5.41. The summed E-state index contributed by atoms with van der Waals surface area (Å²) in [7, 11) is 2.90. The fraction of sp³-hybridized carbons (Fsp3) is 0.154. The van der Waals surface area contributed by atoms with Crippen LogP contribution in [0.2, 0.25) is 0 Å². The first kappa shape index (κ1) is 13.5. The highest BCUT2D eigenvalue weighted by Crippen LogP contribution is 2.24. The molecule has 98 valence electrons. The molecule has 0 spiro atoms. The van der Waals surface area contributed by atoms with Crippen LogP contribution in [0.15, 0.2) is 34.9 Å².